The molecule has 1 unspecified atom stereocenters. The average molecular weight is 414 g/mol. The van der Waals surface area contributed by atoms with Gasteiger partial charge in [-0.1, -0.05) is 30.0 Å². The Kier molecular flexibility index (Phi) is 5.39. The first-order chi connectivity index (χ1) is 14.0. The Balaban J connectivity index is 1.38. The molecule has 29 heavy (non-hydrogen) atoms. The van der Waals surface area contributed by atoms with Crippen molar-refractivity contribution in [3.8, 4) is 22.9 Å². The van der Waals surface area contributed by atoms with E-state index < -0.39 is 5.25 Å². The molecule has 7 nitrogen and oxygen atoms in total. The van der Waals surface area contributed by atoms with Crippen molar-refractivity contribution in [2.24, 2.45) is 7.05 Å². The van der Waals surface area contributed by atoms with E-state index >= 15 is 0 Å². The van der Waals surface area contributed by atoms with E-state index in [0.717, 1.165) is 5.56 Å². The summed E-state index contributed by atoms with van der Waals surface area (Å²) in [5, 5.41) is 11.2. The third-order valence-corrected chi connectivity index (χ3v) is 5.64. The number of nitrogens with one attached hydrogen (secondary N) is 1. The molecule has 1 N–H and O–H groups in total. The molecular formula is C20H19FN4O3S. The minimum absolute atomic E-state index is 0.136. The van der Waals surface area contributed by atoms with Crippen molar-refractivity contribution in [3.63, 3.8) is 0 Å². The molecule has 0 aliphatic carbocycles. The largest absolute Gasteiger partial charge is 0.454 e. The molecule has 0 fully saturated rings. The average Bonchev–Trinajstić information content (AvgIpc) is 3.33. The number of ether oxygens (including phenoxy) is 2. The molecule has 0 spiro atoms. The van der Waals surface area contributed by atoms with Crippen molar-refractivity contribution in [1.29, 1.82) is 0 Å². The Morgan fingerprint density at radius 2 is 2.03 bits per heavy atom. The molecule has 1 aliphatic heterocycles. The summed E-state index contributed by atoms with van der Waals surface area (Å²) in [5.41, 5.74) is 1.29. The zero-order valence-corrected chi connectivity index (χ0v) is 16.7. The number of thioether (sulfide) groups is 1. The lowest BCUT2D eigenvalue weighted by atomic mass is 10.2. The van der Waals surface area contributed by atoms with Gasteiger partial charge in [0, 0.05) is 13.6 Å². The van der Waals surface area contributed by atoms with E-state index in [1.165, 1.54) is 17.8 Å². The van der Waals surface area contributed by atoms with Gasteiger partial charge >= 0.3 is 0 Å². The minimum atomic E-state index is -0.402. The van der Waals surface area contributed by atoms with Crippen LogP contribution in [0.4, 0.5) is 4.39 Å². The molecule has 4 rings (SSSR count). The van der Waals surface area contributed by atoms with Crippen LogP contribution in [0, 0.1) is 5.82 Å². The molecule has 2 aromatic carbocycles. The monoisotopic (exact) mass is 414 g/mol. The highest BCUT2D eigenvalue weighted by Gasteiger charge is 2.20. The number of carbonyl (C=O) groups is 1. The Morgan fingerprint density at radius 3 is 2.86 bits per heavy atom. The second-order valence-electron chi connectivity index (χ2n) is 6.51. The number of amides is 1. The van der Waals surface area contributed by atoms with Gasteiger partial charge in [0.2, 0.25) is 12.7 Å². The summed E-state index contributed by atoms with van der Waals surface area (Å²) in [6.07, 6.45) is 0. The predicted molar refractivity (Wildman–Crippen MR) is 106 cm³/mol. The fourth-order valence-corrected chi connectivity index (χ4v) is 3.73. The van der Waals surface area contributed by atoms with E-state index in [1.807, 2.05) is 18.2 Å². The molecule has 3 aromatic rings. The normalized spacial score (nSPS) is 13.3. The number of benzene rings is 2. The van der Waals surface area contributed by atoms with E-state index in [4.69, 9.17) is 9.47 Å². The maximum atomic E-state index is 14.0. The minimum Gasteiger partial charge on any atom is -0.454 e. The number of hydrogen-bond acceptors (Lipinski definition) is 6. The van der Waals surface area contributed by atoms with Gasteiger partial charge in [0.15, 0.2) is 22.5 Å². The quantitative estimate of drug-likeness (QED) is 0.625. The molecule has 9 heteroatoms. The van der Waals surface area contributed by atoms with Crippen LogP contribution in [0.5, 0.6) is 11.5 Å². The first kappa shape index (κ1) is 19.3. The van der Waals surface area contributed by atoms with Crippen LogP contribution >= 0.6 is 11.8 Å². The Labute approximate surface area is 171 Å². The number of carbonyl (C=O) groups excluding carboxylic acids is 1. The highest BCUT2D eigenvalue weighted by molar-refractivity contribution is 8.00. The summed E-state index contributed by atoms with van der Waals surface area (Å²) in [7, 11) is 1.75. The zero-order valence-electron chi connectivity index (χ0n) is 15.9. The van der Waals surface area contributed by atoms with Gasteiger partial charge < -0.3 is 19.4 Å². The van der Waals surface area contributed by atoms with Crippen LogP contribution in [0.25, 0.3) is 11.4 Å². The van der Waals surface area contributed by atoms with Crippen molar-refractivity contribution in [3.05, 3.63) is 53.8 Å². The number of fused-ring (bicyclic) bond motifs is 1. The van der Waals surface area contributed by atoms with Gasteiger partial charge in [0.05, 0.1) is 10.8 Å². The summed E-state index contributed by atoms with van der Waals surface area (Å²) in [4.78, 5) is 12.5. The van der Waals surface area contributed by atoms with Gasteiger partial charge in [-0.3, -0.25) is 4.79 Å². The smallest absolute Gasteiger partial charge is 0.233 e. The number of nitrogens with zero attached hydrogens (tertiary/aromatic N) is 3. The fraction of sp³-hybridized carbons (Fsp3) is 0.250. The molecule has 1 atom stereocenters. The van der Waals surface area contributed by atoms with E-state index in [9.17, 15) is 9.18 Å². The van der Waals surface area contributed by atoms with Crippen molar-refractivity contribution in [1.82, 2.24) is 20.1 Å². The summed E-state index contributed by atoms with van der Waals surface area (Å²) in [6.45, 7) is 2.38. The van der Waals surface area contributed by atoms with Crippen LogP contribution in [0.3, 0.4) is 0 Å². The van der Waals surface area contributed by atoms with Crippen LogP contribution in [0.15, 0.2) is 47.6 Å². The van der Waals surface area contributed by atoms with Gasteiger partial charge in [-0.05, 0) is 36.8 Å². The highest BCUT2D eigenvalue weighted by atomic mass is 32.2. The van der Waals surface area contributed by atoms with Crippen LogP contribution in [0.1, 0.15) is 12.5 Å². The molecule has 150 valence electrons. The topological polar surface area (TPSA) is 78.3 Å². The molecule has 1 aromatic heterocycles. The Hall–Kier alpha value is -3.07. The number of rotatable bonds is 6. The molecule has 2 heterocycles. The first-order valence-electron chi connectivity index (χ1n) is 9.00. The number of halogens is 1. The maximum Gasteiger partial charge on any atom is 0.233 e. The number of aromatic nitrogens is 3. The summed E-state index contributed by atoms with van der Waals surface area (Å²) < 4.78 is 26.3. The van der Waals surface area contributed by atoms with Gasteiger partial charge in [0.1, 0.15) is 5.82 Å². The van der Waals surface area contributed by atoms with Crippen LogP contribution < -0.4 is 14.8 Å². The summed E-state index contributed by atoms with van der Waals surface area (Å²) in [6, 6.07) is 12.0. The standard InChI is InChI=1S/C20H19FN4O3S/c1-12(19(26)22-10-13-7-8-16-17(9-13)28-11-27-16)29-20-24-23-18(25(20)2)14-5-3-4-6-15(14)21/h3-9,12H,10-11H2,1-2H3,(H,22,26). The lowest BCUT2D eigenvalue weighted by Crippen LogP contribution is -2.30. The van der Waals surface area contributed by atoms with Crippen molar-refractivity contribution in [2.45, 2.75) is 23.9 Å². The van der Waals surface area contributed by atoms with Crippen molar-refractivity contribution < 1.29 is 18.7 Å². The number of hydrogen-bond donors (Lipinski definition) is 1. The molecule has 0 radical (unpaired) electrons. The van der Waals surface area contributed by atoms with Gasteiger partial charge in [-0.25, -0.2) is 4.39 Å². The van der Waals surface area contributed by atoms with Crippen LogP contribution in [-0.4, -0.2) is 32.7 Å². The van der Waals surface area contributed by atoms with E-state index in [2.05, 4.69) is 15.5 Å². The molecular weight excluding hydrogens is 395 g/mol. The second-order valence-corrected chi connectivity index (χ2v) is 7.82. The van der Waals surface area contributed by atoms with Gasteiger partial charge in [-0.2, -0.15) is 0 Å². The third-order valence-electron chi connectivity index (χ3n) is 4.50. The zero-order chi connectivity index (χ0) is 20.4. The van der Waals surface area contributed by atoms with Gasteiger partial charge in [0.25, 0.3) is 0 Å². The van der Waals surface area contributed by atoms with E-state index in [-0.39, 0.29) is 18.5 Å². The molecule has 1 aliphatic rings. The SMILES string of the molecule is CC(Sc1nnc(-c2ccccc2F)n1C)C(=O)NCc1ccc2c(c1)OCO2. The van der Waals surface area contributed by atoms with Crippen LogP contribution in [-0.2, 0) is 18.4 Å². The third kappa shape index (κ3) is 4.04. The molecule has 0 saturated carbocycles. The van der Waals surface area contributed by atoms with Crippen molar-refractivity contribution in [2.75, 3.05) is 6.79 Å². The molecule has 0 saturated heterocycles. The van der Waals surface area contributed by atoms with Gasteiger partial charge in [-0.15, -0.1) is 10.2 Å². The lowest BCUT2D eigenvalue weighted by molar-refractivity contribution is -0.120. The van der Waals surface area contributed by atoms with Crippen molar-refractivity contribution >= 4 is 17.7 Å². The molecule has 0 bridgehead atoms. The maximum absolute atomic E-state index is 14.0. The predicted octanol–water partition coefficient (Wildman–Crippen LogP) is 3.15. The lowest BCUT2D eigenvalue weighted by Gasteiger charge is -2.12. The Bertz CT molecular complexity index is 1060. The summed E-state index contributed by atoms with van der Waals surface area (Å²) >= 11 is 1.27. The molecule has 1 amide bonds. The highest BCUT2D eigenvalue weighted by Crippen LogP contribution is 2.32. The second kappa shape index (κ2) is 8.12. The van der Waals surface area contributed by atoms with E-state index in [0.29, 0.717) is 34.6 Å². The fourth-order valence-electron chi connectivity index (χ4n) is 2.89. The van der Waals surface area contributed by atoms with Crippen LogP contribution in [0.2, 0.25) is 0 Å². The Morgan fingerprint density at radius 1 is 1.24 bits per heavy atom. The first-order valence-corrected chi connectivity index (χ1v) is 9.88. The van der Waals surface area contributed by atoms with E-state index in [1.54, 1.807) is 36.7 Å². The summed E-state index contributed by atoms with van der Waals surface area (Å²) in [5.74, 6) is 1.30.